The van der Waals surface area contributed by atoms with Crippen molar-refractivity contribution in [3.05, 3.63) is 60.0 Å². The van der Waals surface area contributed by atoms with Crippen molar-refractivity contribution in [2.45, 2.75) is 6.92 Å². The average Bonchev–Trinajstić information content (AvgIpc) is 3.19. The smallest absolute Gasteiger partial charge is 0.171 e. The molecule has 1 aliphatic heterocycles. The molecule has 4 nitrogen and oxygen atoms in total. The molecule has 1 atom stereocenters. The fraction of sp³-hybridized carbons (Fsp3) is 0.222. The first kappa shape index (κ1) is 14.3. The minimum Gasteiger partial charge on any atom is -0.358 e. The van der Waals surface area contributed by atoms with Crippen LogP contribution in [0.25, 0.3) is 10.9 Å². The number of ketones is 1. The summed E-state index contributed by atoms with van der Waals surface area (Å²) in [6.07, 6.45) is 3.61. The lowest BCUT2D eigenvalue weighted by Gasteiger charge is -2.15. The van der Waals surface area contributed by atoms with Gasteiger partial charge in [-0.3, -0.25) is 9.78 Å². The molecule has 0 saturated carbocycles. The molecule has 0 spiro atoms. The first-order valence-corrected chi connectivity index (χ1v) is 8.60. The third-order valence-corrected chi connectivity index (χ3v) is 5.49. The normalized spacial score (nSPS) is 17.8. The van der Waals surface area contributed by atoms with Crippen molar-refractivity contribution >= 4 is 34.3 Å². The van der Waals surface area contributed by atoms with Gasteiger partial charge in [-0.1, -0.05) is 18.2 Å². The summed E-state index contributed by atoms with van der Waals surface area (Å²) in [6.45, 7) is 2.71. The molecular weight excluding hydrogens is 306 g/mol. The highest BCUT2D eigenvalue weighted by molar-refractivity contribution is 8.00. The summed E-state index contributed by atoms with van der Waals surface area (Å²) in [5, 5.41) is 1.03. The Hall–Kier alpha value is -2.27. The Balaban J connectivity index is 1.61. The minimum absolute atomic E-state index is 0.0121. The Morgan fingerprint density at radius 2 is 2.17 bits per heavy atom. The lowest BCUT2D eigenvalue weighted by Crippen LogP contribution is -2.22. The van der Waals surface area contributed by atoms with Gasteiger partial charge in [-0.2, -0.15) is 0 Å². The summed E-state index contributed by atoms with van der Waals surface area (Å²) in [4.78, 5) is 20.5. The van der Waals surface area contributed by atoms with Gasteiger partial charge in [0.15, 0.2) is 5.78 Å². The van der Waals surface area contributed by atoms with Crippen LogP contribution < -0.4 is 4.31 Å². The van der Waals surface area contributed by atoms with E-state index in [-0.39, 0.29) is 11.7 Å². The molecule has 1 fully saturated rings. The van der Waals surface area contributed by atoms with Crippen LogP contribution in [0.2, 0.25) is 0 Å². The van der Waals surface area contributed by atoms with Crippen LogP contribution in [0.15, 0.2) is 48.8 Å². The number of rotatable bonds is 3. The van der Waals surface area contributed by atoms with Crippen LogP contribution in [0.4, 0.5) is 5.69 Å². The third-order valence-electron chi connectivity index (χ3n) is 4.26. The van der Waals surface area contributed by atoms with E-state index >= 15 is 0 Å². The summed E-state index contributed by atoms with van der Waals surface area (Å²) in [5.41, 5.74) is 3.90. The average molecular weight is 323 g/mol. The van der Waals surface area contributed by atoms with Crippen molar-refractivity contribution in [1.82, 2.24) is 9.97 Å². The van der Waals surface area contributed by atoms with Gasteiger partial charge in [0.1, 0.15) is 0 Å². The van der Waals surface area contributed by atoms with E-state index in [4.69, 9.17) is 0 Å². The highest BCUT2D eigenvalue weighted by atomic mass is 32.2. The zero-order valence-electron chi connectivity index (χ0n) is 12.8. The summed E-state index contributed by atoms with van der Waals surface area (Å²) >= 11 is 1.70. The molecule has 0 amide bonds. The van der Waals surface area contributed by atoms with Crippen LogP contribution in [0.1, 0.15) is 16.1 Å². The molecule has 3 heterocycles. The van der Waals surface area contributed by atoms with Gasteiger partial charge in [0, 0.05) is 40.7 Å². The fourth-order valence-electron chi connectivity index (χ4n) is 3.12. The quantitative estimate of drug-likeness (QED) is 0.588. The third kappa shape index (κ3) is 2.51. The molecule has 5 heteroatoms. The first-order valence-electron chi connectivity index (χ1n) is 7.66. The van der Waals surface area contributed by atoms with Gasteiger partial charge in [0.25, 0.3) is 0 Å². The fourth-order valence-corrected chi connectivity index (χ4v) is 4.28. The molecule has 4 rings (SSSR count). The van der Waals surface area contributed by atoms with Crippen LogP contribution in [-0.2, 0) is 0 Å². The number of fused-ring (bicyclic) bond motifs is 1. The zero-order valence-corrected chi connectivity index (χ0v) is 13.6. The summed E-state index contributed by atoms with van der Waals surface area (Å²) in [5.74, 6) is 1.06. The number of H-pyrrole nitrogens is 1. The number of hydrogen-bond acceptors (Lipinski definition) is 4. The van der Waals surface area contributed by atoms with Gasteiger partial charge in [0.05, 0.1) is 17.8 Å². The Labute approximate surface area is 139 Å². The predicted octanol–water partition coefficient (Wildman–Crippen LogP) is 3.84. The van der Waals surface area contributed by atoms with E-state index in [0.717, 1.165) is 40.1 Å². The number of aryl methyl sites for hydroxylation is 1. The molecule has 3 aromatic rings. The zero-order chi connectivity index (χ0) is 15.8. The highest BCUT2D eigenvalue weighted by Gasteiger charge is 2.32. The molecule has 1 saturated heterocycles. The number of aromatic amines is 1. The number of carbonyl (C=O) groups excluding carboxylic acids is 1. The van der Waals surface area contributed by atoms with Crippen molar-refractivity contribution in [3.63, 3.8) is 0 Å². The number of benzene rings is 1. The topological polar surface area (TPSA) is 49.0 Å². The lowest BCUT2D eigenvalue weighted by atomic mass is 9.96. The van der Waals surface area contributed by atoms with Crippen molar-refractivity contribution < 1.29 is 4.79 Å². The first-order chi connectivity index (χ1) is 11.2. The molecule has 1 aliphatic rings. The minimum atomic E-state index is 0.0121. The molecule has 1 unspecified atom stereocenters. The highest BCUT2D eigenvalue weighted by Crippen LogP contribution is 2.34. The molecule has 0 aliphatic carbocycles. The van der Waals surface area contributed by atoms with Gasteiger partial charge in [-0.05, 0) is 37.1 Å². The number of nitrogens with zero attached hydrogens (tertiary/aromatic N) is 2. The number of pyridine rings is 1. The Morgan fingerprint density at radius 1 is 1.30 bits per heavy atom. The van der Waals surface area contributed by atoms with Crippen LogP contribution in [-0.4, -0.2) is 28.0 Å². The van der Waals surface area contributed by atoms with Crippen molar-refractivity contribution in [1.29, 1.82) is 0 Å². The maximum Gasteiger partial charge on any atom is 0.171 e. The maximum atomic E-state index is 13.0. The number of aromatic nitrogens is 2. The van der Waals surface area contributed by atoms with Gasteiger partial charge >= 0.3 is 0 Å². The Morgan fingerprint density at radius 3 is 3.00 bits per heavy atom. The van der Waals surface area contributed by atoms with Crippen molar-refractivity contribution in [2.24, 2.45) is 5.92 Å². The summed E-state index contributed by atoms with van der Waals surface area (Å²) in [7, 11) is 0. The largest absolute Gasteiger partial charge is 0.358 e. The number of Topliss-reactive ketones (excluding diaryl/α,β-unsaturated/α-hetero) is 1. The lowest BCUT2D eigenvalue weighted by molar-refractivity contribution is 0.0941. The number of carbonyl (C=O) groups is 1. The number of hydrogen-bond donors (Lipinski definition) is 1. The number of nitrogens with one attached hydrogen (secondary N) is 1. The van der Waals surface area contributed by atoms with Crippen LogP contribution in [0, 0.1) is 12.8 Å². The van der Waals surface area contributed by atoms with Crippen LogP contribution >= 0.6 is 11.9 Å². The Kier molecular flexibility index (Phi) is 3.58. The molecule has 1 aromatic carbocycles. The van der Waals surface area contributed by atoms with Gasteiger partial charge < -0.3 is 9.29 Å². The second-order valence-corrected chi connectivity index (χ2v) is 6.83. The van der Waals surface area contributed by atoms with Gasteiger partial charge in [-0.25, -0.2) is 0 Å². The van der Waals surface area contributed by atoms with E-state index in [2.05, 4.69) is 14.3 Å². The van der Waals surface area contributed by atoms with E-state index in [0.29, 0.717) is 0 Å². The molecule has 0 bridgehead atoms. The van der Waals surface area contributed by atoms with Gasteiger partial charge in [-0.15, -0.1) is 0 Å². The SMILES string of the molecule is Cc1[nH]c2ccccc2c1C(=O)C1CSN(c2cccnc2)C1. The van der Waals surface area contributed by atoms with E-state index < -0.39 is 0 Å². The van der Waals surface area contributed by atoms with Crippen molar-refractivity contribution in [3.8, 4) is 0 Å². The predicted molar refractivity (Wildman–Crippen MR) is 94.9 cm³/mol. The Bertz CT molecular complexity index is 859. The van der Waals surface area contributed by atoms with Crippen LogP contribution in [0.5, 0.6) is 0 Å². The molecule has 116 valence electrons. The van der Waals surface area contributed by atoms with Crippen molar-refractivity contribution in [2.75, 3.05) is 16.6 Å². The second-order valence-electron chi connectivity index (χ2n) is 5.80. The summed E-state index contributed by atoms with van der Waals surface area (Å²) in [6, 6.07) is 12.0. The summed E-state index contributed by atoms with van der Waals surface area (Å²) < 4.78 is 2.17. The molecule has 23 heavy (non-hydrogen) atoms. The standard InChI is InChI=1S/C18H17N3OS/c1-12-17(15-6-2-3-7-16(15)20-12)18(22)13-10-21(23-11-13)14-5-4-8-19-9-14/h2-9,13,20H,10-11H2,1H3. The molecule has 2 aromatic heterocycles. The molecule has 0 radical (unpaired) electrons. The molecule has 1 N–H and O–H groups in total. The number of para-hydroxylation sites is 1. The molecular formula is C18H17N3OS. The van der Waals surface area contributed by atoms with Crippen LogP contribution in [0.3, 0.4) is 0 Å². The van der Waals surface area contributed by atoms with E-state index in [9.17, 15) is 4.79 Å². The van der Waals surface area contributed by atoms with E-state index in [1.54, 1.807) is 18.1 Å². The number of anilines is 1. The maximum absolute atomic E-state index is 13.0. The monoisotopic (exact) mass is 323 g/mol. The van der Waals surface area contributed by atoms with E-state index in [1.165, 1.54) is 0 Å². The van der Waals surface area contributed by atoms with E-state index in [1.807, 2.05) is 49.5 Å². The van der Waals surface area contributed by atoms with Gasteiger partial charge in [0.2, 0.25) is 0 Å². The second kappa shape index (κ2) is 5.74.